The Morgan fingerprint density at radius 3 is 2.28 bits per heavy atom. The number of ether oxygens (including phenoxy) is 2. The number of aliphatic hydroxyl groups excluding tert-OH is 1. The molecule has 2 amide bonds. The number of likely N-dealkylation sites (N-methyl/N-ethyl adjacent to an activating group) is 1. The Hall–Kier alpha value is -1.28. The fraction of sp³-hybridized carbons (Fsp3) is 0.905. The molecule has 0 aliphatic heterocycles. The van der Waals surface area contributed by atoms with Crippen molar-refractivity contribution in [2.45, 2.75) is 96.3 Å². The lowest BCUT2D eigenvalue weighted by atomic mass is 9.82. The number of alkyl carbamates (subject to hydrolysis) is 1. The summed E-state index contributed by atoms with van der Waals surface area (Å²) >= 11 is 0. The summed E-state index contributed by atoms with van der Waals surface area (Å²) in [6, 6.07) is 0.291. The molecule has 2 atom stereocenters. The summed E-state index contributed by atoms with van der Waals surface area (Å²) in [4.78, 5) is 26.1. The molecule has 1 fully saturated rings. The van der Waals surface area contributed by atoms with Gasteiger partial charge in [-0.3, -0.25) is 0 Å². The van der Waals surface area contributed by atoms with Crippen LogP contribution in [0.15, 0.2) is 0 Å². The van der Waals surface area contributed by atoms with Gasteiger partial charge in [0.1, 0.15) is 5.60 Å². The van der Waals surface area contributed by atoms with Gasteiger partial charge in [-0.05, 0) is 45.6 Å². The maximum absolute atomic E-state index is 12.4. The minimum absolute atomic E-state index is 0.111. The minimum atomic E-state index is -1.29. The minimum Gasteiger partial charge on any atom is -0.450 e. The van der Waals surface area contributed by atoms with Gasteiger partial charge >= 0.3 is 12.2 Å². The zero-order valence-electron chi connectivity index (χ0n) is 19.4. The molecule has 0 saturated heterocycles. The second kappa shape index (κ2) is 11.2. The fourth-order valence-electron chi connectivity index (χ4n) is 3.43. The van der Waals surface area contributed by atoms with E-state index in [9.17, 15) is 14.7 Å². The third kappa shape index (κ3) is 10.9. The highest BCUT2D eigenvalue weighted by molar-refractivity contribution is 6.76. The van der Waals surface area contributed by atoms with Gasteiger partial charge in [0.2, 0.25) is 0 Å². The largest absolute Gasteiger partial charge is 0.450 e. The van der Waals surface area contributed by atoms with Crippen molar-refractivity contribution in [1.29, 1.82) is 0 Å². The monoisotopic (exact) mass is 430 g/mol. The lowest BCUT2D eigenvalue weighted by Gasteiger charge is -2.35. The van der Waals surface area contributed by atoms with Crippen molar-refractivity contribution in [2.24, 2.45) is 5.92 Å². The number of carbonyl (C=O) groups is 2. The summed E-state index contributed by atoms with van der Waals surface area (Å²) in [5.74, 6) is 0.111. The zero-order chi connectivity index (χ0) is 22.2. The molecule has 29 heavy (non-hydrogen) atoms. The molecule has 0 bridgehead atoms. The molecule has 8 heteroatoms. The third-order valence-corrected chi connectivity index (χ3v) is 6.81. The topological polar surface area (TPSA) is 88.1 Å². The normalized spacial score (nSPS) is 17.9. The van der Waals surface area contributed by atoms with Crippen molar-refractivity contribution in [3.8, 4) is 0 Å². The van der Waals surface area contributed by atoms with Crippen LogP contribution in [0.25, 0.3) is 0 Å². The average molecular weight is 431 g/mol. The molecule has 0 aromatic carbocycles. The Balaban J connectivity index is 2.73. The van der Waals surface area contributed by atoms with Gasteiger partial charge in [0, 0.05) is 21.7 Å². The Morgan fingerprint density at radius 2 is 1.76 bits per heavy atom. The summed E-state index contributed by atoms with van der Waals surface area (Å²) in [6.07, 6.45) is 3.44. The molecular weight excluding hydrogens is 388 g/mol. The first-order valence-corrected chi connectivity index (χ1v) is 14.5. The van der Waals surface area contributed by atoms with E-state index in [1.165, 1.54) is 11.3 Å². The van der Waals surface area contributed by atoms with E-state index in [4.69, 9.17) is 9.47 Å². The number of aliphatic hydroxyl groups is 1. The van der Waals surface area contributed by atoms with Crippen molar-refractivity contribution < 1.29 is 24.2 Å². The SMILES string of the molecule is CN(CC(NC(=O)OC(C)(C)C)C(O)C1CCCCC1)C(=O)OCC[Si](C)(C)C. The van der Waals surface area contributed by atoms with Crippen molar-refractivity contribution in [3.05, 3.63) is 0 Å². The second-order valence-corrected chi connectivity index (χ2v) is 16.1. The highest BCUT2D eigenvalue weighted by atomic mass is 28.3. The van der Waals surface area contributed by atoms with Crippen molar-refractivity contribution in [1.82, 2.24) is 10.2 Å². The maximum Gasteiger partial charge on any atom is 0.409 e. The molecular formula is C21H42N2O5Si. The molecule has 0 aromatic rings. The van der Waals surface area contributed by atoms with Crippen LogP contribution in [0.1, 0.15) is 52.9 Å². The number of rotatable bonds is 8. The van der Waals surface area contributed by atoms with Gasteiger partial charge in [-0.25, -0.2) is 9.59 Å². The zero-order valence-corrected chi connectivity index (χ0v) is 20.4. The summed E-state index contributed by atoms with van der Waals surface area (Å²) < 4.78 is 10.7. The first kappa shape index (κ1) is 25.8. The smallest absolute Gasteiger partial charge is 0.409 e. The summed E-state index contributed by atoms with van der Waals surface area (Å²) in [7, 11) is 0.348. The highest BCUT2D eigenvalue weighted by Gasteiger charge is 2.33. The number of amides is 2. The first-order chi connectivity index (χ1) is 13.3. The Bertz CT molecular complexity index is 524. The van der Waals surface area contributed by atoms with Crippen LogP contribution in [0.2, 0.25) is 25.7 Å². The number of carbonyl (C=O) groups excluding carboxylic acids is 2. The van der Waals surface area contributed by atoms with E-state index in [1.54, 1.807) is 27.8 Å². The van der Waals surface area contributed by atoms with Crippen LogP contribution in [0.3, 0.4) is 0 Å². The number of hydrogen-bond acceptors (Lipinski definition) is 5. The van der Waals surface area contributed by atoms with Gasteiger partial charge in [-0.1, -0.05) is 38.9 Å². The van der Waals surface area contributed by atoms with E-state index in [0.717, 1.165) is 31.7 Å². The van der Waals surface area contributed by atoms with Gasteiger partial charge in [0.05, 0.1) is 18.8 Å². The molecule has 0 spiro atoms. The summed E-state index contributed by atoms with van der Waals surface area (Å²) in [6.45, 7) is 12.6. The van der Waals surface area contributed by atoms with E-state index in [0.29, 0.717) is 6.61 Å². The third-order valence-electron chi connectivity index (χ3n) is 5.11. The van der Waals surface area contributed by atoms with Gasteiger partial charge < -0.3 is 24.8 Å². The van der Waals surface area contributed by atoms with Crippen LogP contribution in [0.4, 0.5) is 9.59 Å². The molecule has 1 aliphatic rings. The van der Waals surface area contributed by atoms with E-state index in [2.05, 4.69) is 25.0 Å². The van der Waals surface area contributed by atoms with Gasteiger partial charge in [-0.2, -0.15) is 0 Å². The predicted molar refractivity (Wildman–Crippen MR) is 118 cm³/mol. The van der Waals surface area contributed by atoms with E-state index in [1.807, 2.05) is 0 Å². The number of nitrogens with one attached hydrogen (secondary N) is 1. The predicted octanol–water partition coefficient (Wildman–Crippen LogP) is 4.23. The molecule has 0 heterocycles. The quantitative estimate of drug-likeness (QED) is 0.563. The van der Waals surface area contributed by atoms with Crippen LogP contribution < -0.4 is 5.32 Å². The van der Waals surface area contributed by atoms with Crippen LogP contribution in [0.5, 0.6) is 0 Å². The highest BCUT2D eigenvalue weighted by Crippen LogP contribution is 2.28. The molecule has 1 rings (SSSR count). The van der Waals surface area contributed by atoms with Gasteiger partial charge in [0.25, 0.3) is 0 Å². The maximum atomic E-state index is 12.4. The van der Waals surface area contributed by atoms with Crippen LogP contribution in [-0.2, 0) is 9.47 Å². The molecule has 2 N–H and O–H groups in total. The first-order valence-electron chi connectivity index (χ1n) is 10.8. The standard InChI is InChI=1S/C21H42N2O5Si/c1-21(2,3)28-19(25)22-17(18(24)16-11-9-8-10-12-16)15-23(4)20(26)27-13-14-29(5,6)7/h16-18,24H,8-15H2,1-7H3,(H,22,25). The van der Waals surface area contributed by atoms with Crippen LogP contribution >= 0.6 is 0 Å². The molecule has 170 valence electrons. The van der Waals surface area contributed by atoms with E-state index < -0.39 is 38.0 Å². The second-order valence-electron chi connectivity index (χ2n) is 10.4. The summed E-state index contributed by atoms with van der Waals surface area (Å²) in [5, 5.41) is 13.7. The summed E-state index contributed by atoms with van der Waals surface area (Å²) in [5.41, 5.74) is -0.633. The molecule has 2 unspecified atom stereocenters. The number of hydrogen-bond donors (Lipinski definition) is 2. The number of nitrogens with zero attached hydrogens (tertiary/aromatic N) is 1. The lowest BCUT2D eigenvalue weighted by Crippen LogP contribution is -2.54. The van der Waals surface area contributed by atoms with Crippen molar-refractivity contribution in [2.75, 3.05) is 20.2 Å². The van der Waals surface area contributed by atoms with Gasteiger partial charge in [0.15, 0.2) is 0 Å². The van der Waals surface area contributed by atoms with Crippen molar-refractivity contribution >= 4 is 20.3 Å². The van der Waals surface area contributed by atoms with E-state index >= 15 is 0 Å². The Kier molecular flexibility index (Phi) is 9.95. The van der Waals surface area contributed by atoms with Crippen LogP contribution in [0, 0.1) is 5.92 Å². The molecule has 1 aliphatic carbocycles. The van der Waals surface area contributed by atoms with E-state index in [-0.39, 0.29) is 12.5 Å². The van der Waals surface area contributed by atoms with Crippen molar-refractivity contribution in [3.63, 3.8) is 0 Å². The molecule has 0 aromatic heterocycles. The molecule has 7 nitrogen and oxygen atoms in total. The lowest BCUT2D eigenvalue weighted by molar-refractivity contribution is 0.0185. The fourth-order valence-corrected chi connectivity index (χ4v) is 4.14. The molecule has 0 radical (unpaired) electrons. The average Bonchev–Trinajstić information content (AvgIpc) is 2.58. The van der Waals surface area contributed by atoms with Gasteiger partial charge in [-0.15, -0.1) is 0 Å². The van der Waals surface area contributed by atoms with Crippen LogP contribution in [-0.4, -0.2) is 68.2 Å². The Morgan fingerprint density at radius 1 is 1.17 bits per heavy atom. The Labute approximate surface area is 177 Å². The molecule has 1 saturated carbocycles.